The molecule has 0 unspecified atom stereocenters. The lowest BCUT2D eigenvalue weighted by atomic mass is 10.2. The van der Waals surface area contributed by atoms with Gasteiger partial charge in [-0.2, -0.15) is 0 Å². The van der Waals surface area contributed by atoms with E-state index in [9.17, 15) is 4.39 Å². The van der Waals surface area contributed by atoms with Crippen LogP contribution in [0.3, 0.4) is 0 Å². The van der Waals surface area contributed by atoms with E-state index in [4.69, 9.17) is 4.74 Å². The highest BCUT2D eigenvalue weighted by molar-refractivity contribution is 5.15. The minimum Gasteiger partial charge on any atom is -0.383 e. The Bertz CT molecular complexity index is 333. The predicted octanol–water partition coefficient (Wildman–Crippen LogP) is 1.88. The quantitative estimate of drug-likeness (QED) is 0.681. The Morgan fingerprint density at radius 2 is 2.17 bits per heavy atom. The first-order valence-corrected chi connectivity index (χ1v) is 6.35. The summed E-state index contributed by atoms with van der Waals surface area (Å²) in [5.74, 6) is -0.165. The molecular weight excluding hydrogens is 231 g/mol. The fourth-order valence-corrected chi connectivity index (χ4v) is 1.80. The van der Waals surface area contributed by atoms with Crippen LogP contribution in [0.15, 0.2) is 24.3 Å². The molecule has 0 radical (unpaired) electrons. The lowest BCUT2D eigenvalue weighted by Gasteiger charge is -2.16. The van der Waals surface area contributed by atoms with Crippen LogP contribution in [-0.4, -0.2) is 45.3 Å². The summed E-state index contributed by atoms with van der Waals surface area (Å²) in [7, 11) is 3.76. The van der Waals surface area contributed by atoms with Gasteiger partial charge in [-0.05, 0) is 44.3 Å². The molecular formula is C14H23FN2O. The van der Waals surface area contributed by atoms with Gasteiger partial charge in [0.2, 0.25) is 0 Å². The largest absolute Gasteiger partial charge is 0.383 e. The second-order valence-electron chi connectivity index (χ2n) is 4.46. The number of benzene rings is 1. The molecule has 18 heavy (non-hydrogen) atoms. The second-order valence-corrected chi connectivity index (χ2v) is 4.46. The average molecular weight is 254 g/mol. The van der Waals surface area contributed by atoms with E-state index in [2.05, 4.69) is 17.3 Å². The summed E-state index contributed by atoms with van der Waals surface area (Å²) in [5.41, 5.74) is 1.02. The minimum atomic E-state index is -0.165. The van der Waals surface area contributed by atoms with Crippen molar-refractivity contribution in [3.63, 3.8) is 0 Å². The summed E-state index contributed by atoms with van der Waals surface area (Å²) in [6.45, 7) is 4.41. The monoisotopic (exact) mass is 254 g/mol. The van der Waals surface area contributed by atoms with Gasteiger partial charge in [-0.3, -0.25) is 0 Å². The molecule has 0 atom stereocenters. The highest BCUT2D eigenvalue weighted by Gasteiger charge is 2.01. The second kappa shape index (κ2) is 9.03. The smallest absolute Gasteiger partial charge is 0.123 e. The zero-order valence-electron chi connectivity index (χ0n) is 11.3. The molecule has 1 rings (SSSR count). The molecule has 1 aromatic carbocycles. The maximum Gasteiger partial charge on any atom is 0.123 e. The van der Waals surface area contributed by atoms with Crippen LogP contribution in [0.2, 0.25) is 0 Å². The Morgan fingerprint density at radius 1 is 1.33 bits per heavy atom. The minimum absolute atomic E-state index is 0.165. The van der Waals surface area contributed by atoms with E-state index in [0.717, 1.165) is 44.8 Å². The SMILES string of the molecule is COCCNCCCN(C)Cc1cccc(F)c1. The van der Waals surface area contributed by atoms with Crippen LogP contribution in [0.25, 0.3) is 0 Å². The van der Waals surface area contributed by atoms with E-state index < -0.39 is 0 Å². The molecule has 0 aliphatic rings. The molecule has 1 aromatic rings. The molecule has 0 saturated heterocycles. The zero-order valence-corrected chi connectivity index (χ0v) is 11.3. The number of hydrogen-bond donors (Lipinski definition) is 1. The van der Waals surface area contributed by atoms with E-state index in [1.54, 1.807) is 19.2 Å². The van der Waals surface area contributed by atoms with Crippen molar-refractivity contribution < 1.29 is 9.13 Å². The van der Waals surface area contributed by atoms with Crippen molar-refractivity contribution in [3.05, 3.63) is 35.6 Å². The Morgan fingerprint density at radius 3 is 2.89 bits per heavy atom. The normalized spacial score (nSPS) is 11.1. The van der Waals surface area contributed by atoms with Gasteiger partial charge in [-0.25, -0.2) is 4.39 Å². The summed E-state index contributed by atoms with van der Waals surface area (Å²) in [6.07, 6.45) is 1.08. The van der Waals surface area contributed by atoms with Crippen LogP contribution in [0, 0.1) is 5.82 Å². The number of rotatable bonds is 9. The summed E-state index contributed by atoms with van der Waals surface area (Å²) in [5, 5.41) is 3.30. The number of methoxy groups -OCH3 is 1. The highest BCUT2D eigenvalue weighted by Crippen LogP contribution is 2.06. The van der Waals surface area contributed by atoms with Crippen molar-refractivity contribution in [1.29, 1.82) is 0 Å². The van der Waals surface area contributed by atoms with E-state index in [0.29, 0.717) is 0 Å². The third-order valence-electron chi connectivity index (χ3n) is 2.72. The fourth-order valence-electron chi connectivity index (χ4n) is 1.80. The summed E-state index contributed by atoms with van der Waals surface area (Å²) < 4.78 is 18.0. The van der Waals surface area contributed by atoms with Crippen molar-refractivity contribution in [1.82, 2.24) is 10.2 Å². The van der Waals surface area contributed by atoms with Crippen molar-refractivity contribution in [2.24, 2.45) is 0 Å². The number of ether oxygens (including phenoxy) is 1. The third-order valence-corrected chi connectivity index (χ3v) is 2.72. The first-order valence-electron chi connectivity index (χ1n) is 6.35. The standard InChI is InChI=1S/C14H23FN2O/c1-17(9-4-7-16-8-10-18-2)12-13-5-3-6-14(15)11-13/h3,5-6,11,16H,4,7-10,12H2,1-2H3. The molecule has 3 nitrogen and oxygen atoms in total. The maximum atomic E-state index is 13.0. The van der Waals surface area contributed by atoms with Gasteiger partial charge in [0, 0.05) is 20.2 Å². The van der Waals surface area contributed by atoms with E-state index in [1.165, 1.54) is 6.07 Å². The van der Waals surface area contributed by atoms with Crippen LogP contribution >= 0.6 is 0 Å². The molecule has 102 valence electrons. The van der Waals surface area contributed by atoms with Crippen LogP contribution < -0.4 is 5.32 Å². The molecule has 0 saturated carbocycles. The lowest BCUT2D eigenvalue weighted by Crippen LogP contribution is -2.25. The van der Waals surface area contributed by atoms with E-state index in [1.807, 2.05) is 6.07 Å². The number of nitrogens with one attached hydrogen (secondary N) is 1. The Labute approximate surface area is 109 Å². The molecule has 0 heterocycles. The Kier molecular flexibility index (Phi) is 7.57. The zero-order chi connectivity index (χ0) is 13.2. The van der Waals surface area contributed by atoms with Gasteiger partial charge in [0.25, 0.3) is 0 Å². The summed E-state index contributed by atoms with van der Waals surface area (Å²) in [4.78, 5) is 2.20. The number of hydrogen-bond acceptors (Lipinski definition) is 3. The number of halogens is 1. The molecule has 0 aliphatic carbocycles. The predicted molar refractivity (Wildman–Crippen MR) is 72.1 cm³/mol. The maximum absolute atomic E-state index is 13.0. The molecule has 0 bridgehead atoms. The molecule has 0 amide bonds. The molecule has 4 heteroatoms. The summed E-state index contributed by atoms with van der Waals surface area (Å²) in [6, 6.07) is 6.78. The van der Waals surface area contributed by atoms with Gasteiger partial charge in [-0.15, -0.1) is 0 Å². The van der Waals surface area contributed by atoms with Crippen LogP contribution in [-0.2, 0) is 11.3 Å². The van der Waals surface area contributed by atoms with Gasteiger partial charge < -0.3 is 15.0 Å². The molecule has 0 fully saturated rings. The topological polar surface area (TPSA) is 24.5 Å². The fraction of sp³-hybridized carbons (Fsp3) is 0.571. The summed E-state index contributed by atoms with van der Waals surface area (Å²) >= 11 is 0. The van der Waals surface area contributed by atoms with Crippen molar-refractivity contribution in [2.45, 2.75) is 13.0 Å². The van der Waals surface area contributed by atoms with Crippen molar-refractivity contribution in [2.75, 3.05) is 40.4 Å². The van der Waals surface area contributed by atoms with Crippen LogP contribution in [0.1, 0.15) is 12.0 Å². The molecule has 1 N–H and O–H groups in total. The highest BCUT2D eigenvalue weighted by atomic mass is 19.1. The number of nitrogens with zero attached hydrogens (tertiary/aromatic N) is 1. The first kappa shape index (κ1) is 15.1. The lowest BCUT2D eigenvalue weighted by molar-refractivity contribution is 0.198. The van der Waals surface area contributed by atoms with Gasteiger partial charge in [0.05, 0.1) is 6.61 Å². The first-order chi connectivity index (χ1) is 8.72. The Hall–Kier alpha value is -0.970. The van der Waals surface area contributed by atoms with E-state index in [-0.39, 0.29) is 5.82 Å². The van der Waals surface area contributed by atoms with E-state index >= 15 is 0 Å². The van der Waals surface area contributed by atoms with Crippen LogP contribution in [0.4, 0.5) is 4.39 Å². The Balaban J connectivity index is 2.12. The molecule has 0 aromatic heterocycles. The van der Waals surface area contributed by atoms with Crippen molar-refractivity contribution >= 4 is 0 Å². The van der Waals surface area contributed by atoms with Gasteiger partial charge in [0.15, 0.2) is 0 Å². The van der Waals surface area contributed by atoms with Gasteiger partial charge in [-0.1, -0.05) is 12.1 Å². The van der Waals surface area contributed by atoms with Gasteiger partial charge in [0.1, 0.15) is 5.82 Å². The third kappa shape index (κ3) is 6.69. The van der Waals surface area contributed by atoms with Gasteiger partial charge >= 0.3 is 0 Å². The average Bonchev–Trinajstić information content (AvgIpc) is 2.33. The molecule has 0 spiro atoms. The van der Waals surface area contributed by atoms with Crippen molar-refractivity contribution in [3.8, 4) is 0 Å². The van der Waals surface area contributed by atoms with Crippen LogP contribution in [0.5, 0.6) is 0 Å². The molecule has 0 aliphatic heterocycles.